The van der Waals surface area contributed by atoms with Crippen molar-refractivity contribution in [3.05, 3.63) is 65.2 Å². The minimum atomic E-state index is -0.608. The van der Waals surface area contributed by atoms with Crippen LogP contribution in [-0.4, -0.2) is 40.7 Å². The third kappa shape index (κ3) is 4.09. The molecule has 2 rings (SSSR count). The second-order valence-electron chi connectivity index (χ2n) is 5.55. The van der Waals surface area contributed by atoms with E-state index in [1.54, 1.807) is 26.1 Å². The molecule has 0 bridgehead atoms. The molecule has 0 aliphatic heterocycles. The number of carbonyl (C=O) groups is 1. The standard InChI is InChI=1S/C18H21NO3/c1-13(20)12-19(2)18(22)16-11-15(8-9-17(16)21)10-14-6-4-3-5-7-14/h3-9,11,13,20-21H,10,12H2,1-2H3. The van der Waals surface area contributed by atoms with E-state index in [1.165, 1.54) is 4.90 Å². The molecule has 0 saturated heterocycles. The fourth-order valence-corrected chi connectivity index (χ4v) is 2.38. The minimum absolute atomic E-state index is 0.0424. The van der Waals surface area contributed by atoms with Crippen molar-refractivity contribution < 1.29 is 15.0 Å². The number of hydrogen-bond acceptors (Lipinski definition) is 3. The van der Waals surface area contributed by atoms with Crippen LogP contribution in [0, 0.1) is 0 Å². The van der Waals surface area contributed by atoms with Gasteiger partial charge < -0.3 is 15.1 Å². The highest BCUT2D eigenvalue weighted by atomic mass is 16.3. The number of carbonyl (C=O) groups excluding carboxylic acids is 1. The Morgan fingerprint density at radius 2 is 1.82 bits per heavy atom. The maximum Gasteiger partial charge on any atom is 0.257 e. The van der Waals surface area contributed by atoms with Crippen LogP contribution < -0.4 is 0 Å². The molecule has 0 aliphatic carbocycles. The van der Waals surface area contributed by atoms with E-state index in [9.17, 15) is 15.0 Å². The summed E-state index contributed by atoms with van der Waals surface area (Å²) in [6, 6.07) is 15.0. The molecule has 1 atom stereocenters. The van der Waals surface area contributed by atoms with Gasteiger partial charge in [-0.2, -0.15) is 0 Å². The second-order valence-corrected chi connectivity index (χ2v) is 5.55. The van der Waals surface area contributed by atoms with Crippen molar-refractivity contribution in [1.82, 2.24) is 4.90 Å². The van der Waals surface area contributed by atoms with Crippen molar-refractivity contribution in [2.24, 2.45) is 0 Å². The maximum absolute atomic E-state index is 12.4. The van der Waals surface area contributed by atoms with Gasteiger partial charge in [0.15, 0.2) is 0 Å². The molecule has 0 aromatic heterocycles. The fraction of sp³-hybridized carbons (Fsp3) is 0.278. The third-order valence-corrected chi connectivity index (χ3v) is 3.43. The Bertz CT molecular complexity index is 638. The lowest BCUT2D eigenvalue weighted by atomic mass is 10.0. The Kier molecular flexibility index (Phi) is 5.17. The zero-order valence-corrected chi connectivity index (χ0v) is 12.9. The molecular weight excluding hydrogens is 278 g/mol. The molecule has 4 heteroatoms. The average Bonchev–Trinajstić information content (AvgIpc) is 2.49. The predicted molar refractivity (Wildman–Crippen MR) is 86.0 cm³/mol. The Balaban J connectivity index is 2.21. The molecule has 0 radical (unpaired) electrons. The molecular formula is C18H21NO3. The first-order valence-corrected chi connectivity index (χ1v) is 7.26. The SMILES string of the molecule is CC(O)CN(C)C(=O)c1cc(Cc2ccccc2)ccc1O. The van der Waals surface area contributed by atoms with Crippen molar-refractivity contribution in [3.8, 4) is 5.75 Å². The van der Waals surface area contributed by atoms with Crippen LogP contribution in [0.4, 0.5) is 0 Å². The van der Waals surface area contributed by atoms with Crippen molar-refractivity contribution in [2.45, 2.75) is 19.4 Å². The normalized spacial score (nSPS) is 12.0. The van der Waals surface area contributed by atoms with E-state index in [0.717, 1.165) is 11.1 Å². The van der Waals surface area contributed by atoms with Gasteiger partial charge in [0, 0.05) is 13.6 Å². The molecule has 4 nitrogen and oxygen atoms in total. The Morgan fingerprint density at radius 1 is 1.14 bits per heavy atom. The van der Waals surface area contributed by atoms with E-state index in [-0.39, 0.29) is 23.8 Å². The Labute approximate surface area is 130 Å². The van der Waals surface area contributed by atoms with E-state index in [0.29, 0.717) is 6.42 Å². The average molecular weight is 299 g/mol. The number of aliphatic hydroxyl groups is 1. The maximum atomic E-state index is 12.4. The molecule has 116 valence electrons. The van der Waals surface area contributed by atoms with Crippen LogP contribution in [-0.2, 0) is 6.42 Å². The summed E-state index contributed by atoms with van der Waals surface area (Å²) in [7, 11) is 1.61. The molecule has 1 unspecified atom stereocenters. The number of aromatic hydroxyl groups is 1. The van der Waals surface area contributed by atoms with E-state index in [1.807, 2.05) is 36.4 Å². The zero-order chi connectivity index (χ0) is 16.1. The summed E-state index contributed by atoms with van der Waals surface area (Å²) in [5.74, 6) is -0.340. The largest absolute Gasteiger partial charge is 0.507 e. The summed E-state index contributed by atoms with van der Waals surface area (Å²) >= 11 is 0. The van der Waals surface area contributed by atoms with Gasteiger partial charge in [0.05, 0.1) is 11.7 Å². The lowest BCUT2D eigenvalue weighted by Crippen LogP contribution is -2.33. The van der Waals surface area contributed by atoms with Crippen LogP contribution in [0.1, 0.15) is 28.4 Å². The Morgan fingerprint density at radius 3 is 2.45 bits per heavy atom. The summed E-state index contributed by atoms with van der Waals surface area (Å²) in [5, 5.41) is 19.3. The summed E-state index contributed by atoms with van der Waals surface area (Å²) in [6.45, 7) is 1.84. The highest BCUT2D eigenvalue weighted by Gasteiger charge is 2.17. The molecule has 2 N–H and O–H groups in total. The van der Waals surface area contributed by atoms with Gasteiger partial charge in [0.25, 0.3) is 5.91 Å². The number of phenolic OH excluding ortho intramolecular Hbond substituents is 1. The minimum Gasteiger partial charge on any atom is -0.507 e. The summed E-state index contributed by atoms with van der Waals surface area (Å²) in [5.41, 5.74) is 2.36. The van der Waals surface area contributed by atoms with Gasteiger partial charge in [-0.3, -0.25) is 4.79 Å². The molecule has 2 aromatic carbocycles. The van der Waals surface area contributed by atoms with E-state index < -0.39 is 6.10 Å². The quantitative estimate of drug-likeness (QED) is 0.891. The first-order valence-electron chi connectivity index (χ1n) is 7.26. The Hall–Kier alpha value is -2.33. The van der Waals surface area contributed by atoms with Gasteiger partial charge in [0.1, 0.15) is 5.75 Å². The van der Waals surface area contributed by atoms with Crippen molar-refractivity contribution in [1.29, 1.82) is 0 Å². The van der Waals surface area contributed by atoms with Gasteiger partial charge in [-0.15, -0.1) is 0 Å². The second kappa shape index (κ2) is 7.09. The number of aliphatic hydroxyl groups excluding tert-OH is 1. The van der Waals surface area contributed by atoms with Crippen LogP contribution in [0.5, 0.6) is 5.75 Å². The summed E-state index contributed by atoms with van der Waals surface area (Å²) in [4.78, 5) is 13.8. The van der Waals surface area contributed by atoms with Crippen molar-refractivity contribution in [3.63, 3.8) is 0 Å². The number of benzene rings is 2. The number of amides is 1. The fourth-order valence-electron chi connectivity index (χ4n) is 2.38. The molecule has 0 fully saturated rings. The van der Waals surface area contributed by atoms with Crippen molar-refractivity contribution >= 4 is 5.91 Å². The lowest BCUT2D eigenvalue weighted by molar-refractivity contribution is 0.0700. The number of hydrogen-bond donors (Lipinski definition) is 2. The smallest absolute Gasteiger partial charge is 0.257 e. The van der Waals surface area contributed by atoms with Gasteiger partial charge in [0.2, 0.25) is 0 Å². The number of rotatable bonds is 5. The van der Waals surface area contributed by atoms with Gasteiger partial charge in [-0.1, -0.05) is 36.4 Å². The van der Waals surface area contributed by atoms with E-state index in [2.05, 4.69) is 0 Å². The van der Waals surface area contributed by atoms with Crippen LogP contribution in [0.3, 0.4) is 0 Å². The topological polar surface area (TPSA) is 60.8 Å². The first-order chi connectivity index (χ1) is 10.5. The monoisotopic (exact) mass is 299 g/mol. The highest BCUT2D eigenvalue weighted by Crippen LogP contribution is 2.22. The third-order valence-electron chi connectivity index (χ3n) is 3.43. The molecule has 0 spiro atoms. The first kappa shape index (κ1) is 16.0. The lowest BCUT2D eigenvalue weighted by Gasteiger charge is -2.19. The number of nitrogens with zero attached hydrogens (tertiary/aromatic N) is 1. The van der Waals surface area contributed by atoms with Gasteiger partial charge in [-0.05, 0) is 36.6 Å². The summed E-state index contributed by atoms with van der Waals surface area (Å²) in [6.07, 6.45) is 0.0882. The molecule has 0 saturated carbocycles. The molecule has 22 heavy (non-hydrogen) atoms. The van der Waals surface area contributed by atoms with E-state index in [4.69, 9.17) is 0 Å². The zero-order valence-electron chi connectivity index (χ0n) is 12.9. The van der Waals surface area contributed by atoms with E-state index >= 15 is 0 Å². The predicted octanol–water partition coefficient (Wildman–Crippen LogP) is 2.44. The molecule has 1 amide bonds. The number of likely N-dealkylation sites (N-methyl/N-ethyl adjacent to an activating group) is 1. The van der Waals surface area contributed by atoms with Crippen LogP contribution in [0.25, 0.3) is 0 Å². The highest BCUT2D eigenvalue weighted by molar-refractivity contribution is 5.96. The molecule has 2 aromatic rings. The van der Waals surface area contributed by atoms with Crippen LogP contribution in [0.15, 0.2) is 48.5 Å². The summed E-state index contributed by atoms with van der Waals surface area (Å²) < 4.78 is 0. The molecule has 0 heterocycles. The van der Waals surface area contributed by atoms with Gasteiger partial charge in [-0.25, -0.2) is 0 Å². The van der Waals surface area contributed by atoms with Crippen molar-refractivity contribution in [2.75, 3.05) is 13.6 Å². The number of phenols is 1. The molecule has 0 aliphatic rings. The van der Waals surface area contributed by atoms with Crippen LogP contribution in [0.2, 0.25) is 0 Å². The van der Waals surface area contributed by atoms with Gasteiger partial charge >= 0.3 is 0 Å². The van der Waals surface area contributed by atoms with Crippen LogP contribution >= 0.6 is 0 Å².